The number of aryl methyl sites for hydroxylation is 1. The van der Waals surface area contributed by atoms with Gasteiger partial charge >= 0.3 is 0 Å². The van der Waals surface area contributed by atoms with Crippen LogP contribution in [0.25, 0.3) is 21.9 Å². The molecule has 0 unspecified atom stereocenters. The molecule has 3 aromatic carbocycles. The predicted molar refractivity (Wildman–Crippen MR) is 141 cm³/mol. The molecular formula is C29H26N2O6. The Morgan fingerprint density at radius 3 is 2.62 bits per heavy atom. The molecule has 0 saturated heterocycles. The first-order valence-electron chi connectivity index (χ1n) is 11.9. The number of amides is 1. The van der Waals surface area contributed by atoms with Crippen LogP contribution in [0, 0.1) is 6.92 Å². The number of methoxy groups -OCH3 is 1. The van der Waals surface area contributed by atoms with Gasteiger partial charge in [0.1, 0.15) is 17.1 Å². The third kappa shape index (κ3) is 5.13. The number of aromatic nitrogens is 1. The van der Waals surface area contributed by atoms with E-state index in [-0.39, 0.29) is 23.7 Å². The highest BCUT2D eigenvalue weighted by Gasteiger charge is 2.16. The minimum atomic E-state index is -0.314. The molecule has 0 aliphatic carbocycles. The molecule has 0 aliphatic rings. The van der Waals surface area contributed by atoms with Gasteiger partial charge in [0.2, 0.25) is 11.2 Å². The quantitative estimate of drug-likeness (QED) is 0.292. The van der Waals surface area contributed by atoms with E-state index in [9.17, 15) is 9.59 Å². The number of benzene rings is 3. The normalized spacial score (nSPS) is 11.0. The van der Waals surface area contributed by atoms with Gasteiger partial charge in [-0.05, 0) is 49.2 Å². The van der Waals surface area contributed by atoms with Crippen molar-refractivity contribution in [3.8, 4) is 23.0 Å². The molecule has 8 heteroatoms. The van der Waals surface area contributed by atoms with Crippen molar-refractivity contribution in [3.05, 3.63) is 94.5 Å². The molecule has 2 N–H and O–H groups in total. The average molecular weight is 499 g/mol. The van der Waals surface area contributed by atoms with Crippen molar-refractivity contribution in [2.75, 3.05) is 20.3 Å². The number of aromatic amines is 1. The summed E-state index contributed by atoms with van der Waals surface area (Å²) in [6.45, 7) is 1.99. The first kappa shape index (κ1) is 24.0. The minimum absolute atomic E-state index is 0.0836. The van der Waals surface area contributed by atoms with Gasteiger partial charge < -0.3 is 28.9 Å². The number of H-pyrrole nitrogens is 1. The molecule has 0 radical (unpaired) electrons. The topological polar surface area (TPSA) is 103 Å². The Morgan fingerprint density at radius 2 is 1.78 bits per heavy atom. The summed E-state index contributed by atoms with van der Waals surface area (Å²) >= 11 is 0. The van der Waals surface area contributed by atoms with Crippen LogP contribution in [-0.2, 0) is 11.2 Å². The molecule has 1 amide bonds. The summed E-state index contributed by atoms with van der Waals surface area (Å²) in [7, 11) is 1.53. The van der Waals surface area contributed by atoms with E-state index in [1.807, 2.05) is 30.5 Å². The summed E-state index contributed by atoms with van der Waals surface area (Å²) < 4.78 is 22.6. The van der Waals surface area contributed by atoms with E-state index in [0.29, 0.717) is 46.9 Å². The van der Waals surface area contributed by atoms with Crippen molar-refractivity contribution >= 4 is 27.8 Å². The van der Waals surface area contributed by atoms with Gasteiger partial charge in [-0.1, -0.05) is 30.3 Å². The number of fused-ring (bicyclic) bond motifs is 2. The highest BCUT2D eigenvalue weighted by Crippen LogP contribution is 2.32. The smallest absolute Gasteiger partial charge is 0.257 e. The third-order valence-electron chi connectivity index (χ3n) is 6.03. The molecular weight excluding hydrogens is 472 g/mol. The lowest BCUT2D eigenvalue weighted by atomic mass is 10.1. The van der Waals surface area contributed by atoms with Crippen LogP contribution in [0.2, 0.25) is 0 Å². The number of rotatable bonds is 9. The van der Waals surface area contributed by atoms with Crippen LogP contribution < -0.4 is 25.0 Å². The Hall–Kier alpha value is -4.72. The SMILES string of the molecule is COc1ccccc1Oc1c(C)oc2cc(OCC(=O)NCCc3c[nH]c4ccccc34)ccc2c1=O. The van der Waals surface area contributed by atoms with Crippen molar-refractivity contribution in [2.24, 2.45) is 0 Å². The van der Waals surface area contributed by atoms with Crippen molar-refractivity contribution in [1.82, 2.24) is 10.3 Å². The number of carbonyl (C=O) groups excluding carboxylic acids is 1. The molecule has 5 rings (SSSR count). The first-order chi connectivity index (χ1) is 18.0. The molecule has 0 aliphatic heterocycles. The van der Waals surface area contributed by atoms with Gasteiger partial charge in [-0.2, -0.15) is 0 Å². The maximum Gasteiger partial charge on any atom is 0.257 e. The summed E-state index contributed by atoms with van der Waals surface area (Å²) in [5, 5.41) is 4.36. The largest absolute Gasteiger partial charge is 0.493 e. The standard InChI is InChI=1S/C29H26N2O6/c1-18-29(37-25-10-6-5-9-24(25)34-2)28(33)22-12-11-20(15-26(22)36-18)35-17-27(32)30-14-13-19-16-31-23-8-4-3-7-21(19)23/h3-12,15-16,31H,13-14,17H2,1-2H3,(H,30,32). The second-order valence-electron chi connectivity index (χ2n) is 8.48. The molecule has 0 atom stereocenters. The fourth-order valence-corrected chi connectivity index (χ4v) is 4.16. The van der Waals surface area contributed by atoms with Gasteiger partial charge in [0.15, 0.2) is 18.1 Å². The number of nitrogens with one attached hydrogen (secondary N) is 2. The Labute approximate surface area is 212 Å². The average Bonchev–Trinajstić information content (AvgIpc) is 3.33. The summed E-state index contributed by atoms with van der Waals surface area (Å²) in [5.41, 5.74) is 2.24. The van der Waals surface area contributed by atoms with Crippen LogP contribution in [0.5, 0.6) is 23.0 Å². The van der Waals surface area contributed by atoms with Crippen LogP contribution in [0.1, 0.15) is 11.3 Å². The first-order valence-corrected chi connectivity index (χ1v) is 11.9. The second-order valence-corrected chi connectivity index (χ2v) is 8.48. The summed E-state index contributed by atoms with van der Waals surface area (Å²) in [5.74, 6) is 1.49. The molecule has 0 saturated carbocycles. The lowest BCUT2D eigenvalue weighted by Gasteiger charge is -2.12. The fraction of sp³-hybridized carbons (Fsp3) is 0.172. The predicted octanol–water partition coefficient (Wildman–Crippen LogP) is 5.12. The van der Waals surface area contributed by atoms with E-state index in [2.05, 4.69) is 16.4 Å². The van der Waals surface area contributed by atoms with Gasteiger partial charge in [-0.25, -0.2) is 0 Å². The number of ether oxygens (including phenoxy) is 3. The van der Waals surface area contributed by atoms with Gasteiger partial charge in [-0.15, -0.1) is 0 Å². The zero-order valence-corrected chi connectivity index (χ0v) is 20.5. The summed E-state index contributed by atoms with van der Waals surface area (Å²) in [6, 6.07) is 19.9. The van der Waals surface area contributed by atoms with Gasteiger partial charge in [0.25, 0.3) is 5.91 Å². The molecule has 5 aromatic rings. The molecule has 8 nitrogen and oxygen atoms in total. The van der Waals surface area contributed by atoms with Gasteiger partial charge in [-0.3, -0.25) is 9.59 Å². The lowest BCUT2D eigenvalue weighted by Crippen LogP contribution is -2.30. The van der Waals surface area contributed by atoms with Crippen LogP contribution in [0.15, 0.2) is 82.1 Å². The van der Waals surface area contributed by atoms with E-state index in [4.69, 9.17) is 18.6 Å². The molecule has 0 bridgehead atoms. The highest BCUT2D eigenvalue weighted by atomic mass is 16.5. The number of para-hydroxylation sites is 3. The minimum Gasteiger partial charge on any atom is -0.493 e. The zero-order chi connectivity index (χ0) is 25.8. The Morgan fingerprint density at radius 1 is 1.00 bits per heavy atom. The third-order valence-corrected chi connectivity index (χ3v) is 6.03. The Balaban J connectivity index is 1.22. The van der Waals surface area contributed by atoms with Crippen LogP contribution in [0.3, 0.4) is 0 Å². The zero-order valence-electron chi connectivity index (χ0n) is 20.5. The van der Waals surface area contributed by atoms with Crippen molar-refractivity contribution in [2.45, 2.75) is 13.3 Å². The number of carbonyl (C=O) groups is 1. The molecule has 37 heavy (non-hydrogen) atoms. The Bertz CT molecular complexity index is 1640. The molecule has 2 aromatic heterocycles. The van der Waals surface area contributed by atoms with Gasteiger partial charge in [0.05, 0.1) is 12.5 Å². The number of hydrogen-bond acceptors (Lipinski definition) is 6. The van der Waals surface area contributed by atoms with E-state index in [1.54, 1.807) is 43.3 Å². The highest BCUT2D eigenvalue weighted by molar-refractivity contribution is 5.83. The summed E-state index contributed by atoms with van der Waals surface area (Å²) in [6.07, 6.45) is 2.67. The maximum absolute atomic E-state index is 13.1. The molecule has 2 heterocycles. The molecule has 0 spiro atoms. The van der Waals surface area contributed by atoms with Crippen molar-refractivity contribution in [1.29, 1.82) is 0 Å². The molecule has 0 fully saturated rings. The van der Waals surface area contributed by atoms with Crippen LogP contribution in [0.4, 0.5) is 0 Å². The van der Waals surface area contributed by atoms with Crippen LogP contribution in [-0.4, -0.2) is 31.2 Å². The molecule has 188 valence electrons. The second kappa shape index (κ2) is 10.5. The van der Waals surface area contributed by atoms with Crippen molar-refractivity contribution < 1.29 is 23.4 Å². The monoisotopic (exact) mass is 498 g/mol. The van der Waals surface area contributed by atoms with Gasteiger partial charge in [0, 0.05) is 29.7 Å². The number of hydrogen-bond donors (Lipinski definition) is 2. The van der Waals surface area contributed by atoms with E-state index >= 15 is 0 Å². The van der Waals surface area contributed by atoms with E-state index in [0.717, 1.165) is 16.5 Å². The lowest BCUT2D eigenvalue weighted by molar-refractivity contribution is -0.123. The van der Waals surface area contributed by atoms with Crippen molar-refractivity contribution in [3.63, 3.8) is 0 Å². The summed E-state index contributed by atoms with van der Waals surface area (Å²) in [4.78, 5) is 28.6. The van der Waals surface area contributed by atoms with Crippen LogP contribution >= 0.6 is 0 Å². The maximum atomic E-state index is 13.1. The fourth-order valence-electron chi connectivity index (χ4n) is 4.16. The Kier molecular flexibility index (Phi) is 6.81. The van der Waals surface area contributed by atoms with E-state index in [1.165, 1.54) is 7.11 Å². The van der Waals surface area contributed by atoms with E-state index < -0.39 is 0 Å².